The largest absolute Gasteiger partial charge is 0.487 e. The molecule has 5 nitrogen and oxygen atoms in total. The molecule has 1 atom stereocenters. The zero-order valence-electron chi connectivity index (χ0n) is 12.6. The third-order valence-electron chi connectivity index (χ3n) is 3.75. The zero-order valence-corrected chi connectivity index (χ0v) is 12.6. The number of carbonyl (C=O) groups is 2. The normalized spacial score (nSPS) is 16.9. The smallest absolute Gasteiger partial charge is 0.304 e. The minimum atomic E-state index is -1.07. The van der Waals surface area contributed by atoms with Crippen LogP contribution in [-0.4, -0.2) is 34.2 Å². The van der Waals surface area contributed by atoms with Crippen LogP contribution in [0, 0.1) is 18.7 Å². The van der Waals surface area contributed by atoms with E-state index in [4.69, 9.17) is 9.84 Å². The summed E-state index contributed by atoms with van der Waals surface area (Å²) in [5.74, 6) is -2.89. The number of ketones is 1. The van der Waals surface area contributed by atoms with E-state index in [0.29, 0.717) is 18.4 Å². The number of carbonyl (C=O) groups excluding carboxylic acids is 1. The summed E-state index contributed by atoms with van der Waals surface area (Å²) >= 11 is 0. The van der Waals surface area contributed by atoms with Gasteiger partial charge in [0.15, 0.2) is 17.3 Å². The van der Waals surface area contributed by atoms with Crippen LogP contribution in [-0.2, 0) is 4.79 Å². The molecule has 1 fully saturated rings. The Morgan fingerprint density at radius 2 is 2.05 bits per heavy atom. The highest BCUT2D eigenvalue weighted by molar-refractivity contribution is 5.99. The Labute approximate surface area is 127 Å². The highest BCUT2D eigenvalue weighted by Crippen LogP contribution is 2.36. The van der Waals surface area contributed by atoms with E-state index in [0.717, 1.165) is 6.07 Å². The van der Waals surface area contributed by atoms with E-state index < -0.39 is 29.1 Å². The molecule has 0 amide bonds. The van der Waals surface area contributed by atoms with Crippen LogP contribution < -0.4 is 4.74 Å². The van der Waals surface area contributed by atoms with E-state index in [1.165, 1.54) is 13.0 Å². The fourth-order valence-electron chi connectivity index (χ4n) is 2.19. The van der Waals surface area contributed by atoms with Gasteiger partial charge in [-0.15, -0.1) is 0 Å². The first-order valence-corrected chi connectivity index (χ1v) is 7.13. The van der Waals surface area contributed by atoms with E-state index in [1.54, 1.807) is 6.92 Å². The van der Waals surface area contributed by atoms with Gasteiger partial charge in [-0.2, -0.15) is 0 Å². The molecule has 2 rings (SSSR count). The molecule has 1 aliphatic rings. The van der Waals surface area contributed by atoms with Crippen molar-refractivity contribution in [2.75, 3.05) is 6.61 Å². The summed E-state index contributed by atoms with van der Waals surface area (Å²) < 4.78 is 19.4. The minimum absolute atomic E-state index is 0.0164. The van der Waals surface area contributed by atoms with E-state index in [-0.39, 0.29) is 24.3 Å². The lowest BCUT2D eigenvalue weighted by atomic mass is 9.95. The van der Waals surface area contributed by atoms with Gasteiger partial charge in [-0.3, -0.25) is 9.59 Å². The summed E-state index contributed by atoms with van der Waals surface area (Å²) in [6.45, 7) is 3.12. The summed E-state index contributed by atoms with van der Waals surface area (Å²) in [4.78, 5) is 22.8. The standard InChI is InChI=1S/C16H19FO5/c1-9(6-13(18)19)14(20)11-5-10(2)15(12(17)7-11)22-8-16(21)3-4-16/h5,7,9,21H,3-4,6,8H2,1-2H3,(H,18,19). The number of rotatable bonds is 7. The predicted molar refractivity (Wildman–Crippen MR) is 76.6 cm³/mol. The van der Waals surface area contributed by atoms with Crippen molar-refractivity contribution in [3.8, 4) is 5.75 Å². The topological polar surface area (TPSA) is 83.8 Å². The fourth-order valence-corrected chi connectivity index (χ4v) is 2.19. The maximum atomic E-state index is 14.1. The van der Waals surface area contributed by atoms with Crippen LogP contribution in [0.3, 0.4) is 0 Å². The maximum absolute atomic E-state index is 14.1. The van der Waals surface area contributed by atoms with Crippen molar-refractivity contribution in [2.45, 2.75) is 38.7 Å². The van der Waals surface area contributed by atoms with Crippen molar-refractivity contribution in [3.63, 3.8) is 0 Å². The van der Waals surface area contributed by atoms with E-state index >= 15 is 0 Å². The van der Waals surface area contributed by atoms with Crippen LogP contribution in [0.5, 0.6) is 5.75 Å². The quantitative estimate of drug-likeness (QED) is 0.755. The van der Waals surface area contributed by atoms with Crippen LogP contribution in [0.15, 0.2) is 12.1 Å². The summed E-state index contributed by atoms with van der Waals surface area (Å²) in [7, 11) is 0. The number of benzene rings is 1. The molecule has 2 N–H and O–H groups in total. The Morgan fingerprint density at radius 3 is 2.55 bits per heavy atom. The van der Waals surface area contributed by atoms with Crippen molar-refractivity contribution >= 4 is 11.8 Å². The Morgan fingerprint density at radius 1 is 1.41 bits per heavy atom. The van der Waals surface area contributed by atoms with Crippen molar-refractivity contribution < 1.29 is 28.9 Å². The monoisotopic (exact) mass is 310 g/mol. The van der Waals surface area contributed by atoms with Gasteiger partial charge in [-0.25, -0.2) is 4.39 Å². The molecule has 1 unspecified atom stereocenters. The molecule has 0 bridgehead atoms. The van der Waals surface area contributed by atoms with Gasteiger partial charge in [0.1, 0.15) is 6.61 Å². The van der Waals surface area contributed by atoms with Gasteiger partial charge >= 0.3 is 5.97 Å². The lowest BCUT2D eigenvalue weighted by Gasteiger charge is -2.15. The number of aliphatic hydroxyl groups is 1. The Bertz CT molecular complexity index is 584. The number of aliphatic carboxylic acids is 1. The summed E-state index contributed by atoms with van der Waals surface area (Å²) in [6.07, 6.45) is 0.971. The molecule has 0 aliphatic heterocycles. The molecule has 0 aromatic heterocycles. The molecule has 120 valence electrons. The van der Waals surface area contributed by atoms with E-state index in [9.17, 15) is 19.1 Å². The number of Topliss-reactive ketones (excluding diaryl/α,β-unsaturated/α-hetero) is 1. The van der Waals surface area contributed by atoms with Crippen LogP contribution >= 0.6 is 0 Å². The average Bonchev–Trinajstić information content (AvgIpc) is 3.14. The predicted octanol–water partition coefficient (Wildman–Crippen LogP) is 2.33. The number of ether oxygens (including phenoxy) is 1. The van der Waals surface area contributed by atoms with Crippen LogP contribution in [0.1, 0.15) is 42.1 Å². The fraction of sp³-hybridized carbons (Fsp3) is 0.500. The minimum Gasteiger partial charge on any atom is -0.487 e. The number of hydrogen-bond donors (Lipinski definition) is 2. The number of halogens is 1. The first kappa shape index (κ1) is 16.4. The molecular weight excluding hydrogens is 291 g/mol. The van der Waals surface area contributed by atoms with Gasteiger partial charge in [-0.05, 0) is 37.5 Å². The van der Waals surface area contributed by atoms with E-state index in [1.807, 2.05) is 0 Å². The van der Waals surface area contributed by atoms with Crippen LogP contribution in [0.2, 0.25) is 0 Å². The average molecular weight is 310 g/mol. The molecule has 22 heavy (non-hydrogen) atoms. The molecule has 0 radical (unpaired) electrons. The van der Waals surface area contributed by atoms with E-state index in [2.05, 4.69) is 0 Å². The first-order valence-electron chi connectivity index (χ1n) is 7.13. The Hall–Kier alpha value is -1.95. The van der Waals surface area contributed by atoms with Crippen molar-refractivity contribution in [1.29, 1.82) is 0 Å². The van der Waals surface area contributed by atoms with Crippen molar-refractivity contribution in [2.24, 2.45) is 5.92 Å². The molecule has 0 spiro atoms. The van der Waals surface area contributed by atoms with Gasteiger partial charge in [0, 0.05) is 11.5 Å². The highest BCUT2D eigenvalue weighted by Gasteiger charge is 2.41. The summed E-state index contributed by atoms with van der Waals surface area (Å²) in [5.41, 5.74) is -0.292. The third kappa shape index (κ3) is 3.82. The van der Waals surface area contributed by atoms with Crippen LogP contribution in [0.25, 0.3) is 0 Å². The highest BCUT2D eigenvalue weighted by atomic mass is 19.1. The SMILES string of the molecule is Cc1cc(C(=O)C(C)CC(=O)O)cc(F)c1OCC1(O)CC1. The number of carboxylic acid groups (broad SMARTS) is 1. The van der Waals surface area contributed by atoms with Gasteiger partial charge in [-0.1, -0.05) is 6.92 Å². The molecule has 1 aromatic rings. The maximum Gasteiger partial charge on any atom is 0.304 e. The number of carboxylic acids is 1. The Kier molecular flexibility index (Phi) is 4.51. The molecular formula is C16H19FO5. The second-order valence-corrected chi connectivity index (χ2v) is 5.98. The molecule has 1 aliphatic carbocycles. The number of hydrogen-bond acceptors (Lipinski definition) is 4. The molecule has 0 saturated heterocycles. The van der Waals surface area contributed by atoms with Gasteiger partial charge in [0.25, 0.3) is 0 Å². The zero-order chi connectivity index (χ0) is 16.5. The van der Waals surface area contributed by atoms with Gasteiger partial charge in [0.2, 0.25) is 0 Å². The molecule has 1 aromatic carbocycles. The molecule has 0 heterocycles. The molecule has 6 heteroatoms. The lowest BCUT2D eigenvalue weighted by Crippen LogP contribution is -2.20. The molecule has 1 saturated carbocycles. The number of aryl methyl sites for hydroxylation is 1. The summed E-state index contributed by atoms with van der Waals surface area (Å²) in [6, 6.07) is 2.54. The van der Waals surface area contributed by atoms with Crippen molar-refractivity contribution in [3.05, 3.63) is 29.1 Å². The third-order valence-corrected chi connectivity index (χ3v) is 3.75. The summed E-state index contributed by atoms with van der Waals surface area (Å²) in [5, 5.41) is 18.4. The van der Waals surface area contributed by atoms with Crippen molar-refractivity contribution in [1.82, 2.24) is 0 Å². The first-order chi connectivity index (χ1) is 10.2. The second kappa shape index (κ2) is 6.04. The van der Waals surface area contributed by atoms with Gasteiger partial charge in [0.05, 0.1) is 12.0 Å². The second-order valence-electron chi connectivity index (χ2n) is 5.98. The van der Waals surface area contributed by atoms with Gasteiger partial charge < -0.3 is 14.9 Å². The lowest BCUT2D eigenvalue weighted by molar-refractivity contribution is -0.137. The van der Waals surface area contributed by atoms with Crippen LogP contribution in [0.4, 0.5) is 4.39 Å². The Balaban J connectivity index is 2.14.